The highest BCUT2D eigenvalue weighted by atomic mass is 16.3. The molecule has 1 nitrogen and oxygen atoms in total. The Morgan fingerprint density at radius 3 is 2.46 bits per heavy atom. The number of furan rings is 1. The van der Waals surface area contributed by atoms with Crippen molar-refractivity contribution >= 4 is 11.0 Å². The molecule has 70 valence electrons. The van der Waals surface area contributed by atoms with Crippen LogP contribution in [0.5, 0.6) is 0 Å². The topological polar surface area (TPSA) is 13.1 Å². The molecule has 0 bridgehead atoms. The highest BCUT2D eigenvalue weighted by Crippen LogP contribution is 2.20. The van der Waals surface area contributed by atoms with Gasteiger partial charge in [-0.1, -0.05) is 19.9 Å². The minimum atomic E-state index is 0.988. The Balaban J connectivity index is 0.000000396. The van der Waals surface area contributed by atoms with E-state index in [0.29, 0.717) is 0 Å². The highest BCUT2D eigenvalue weighted by Gasteiger charge is 1.99. The maximum Gasteiger partial charge on any atom is 0.134 e. The van der Waals surface area contributed by atoms with Gasteiger partial charge < -0.3 is 4.42 Å². The molecule has 13 heavy (non-hydrogen) atoms. The van der Waals surface area contributed by atoms with Crippen molar-refractivity contribution in [2.24, 2.45) is 0 Å². The summed E-state index contributed by atoms with van der Waals surface area (Å²) in [6, 6.07) is 6.23. The highest BCUT2D eigenvalue weighted by molar-refractivity contribution is 5.81. The maximum absolute atomic E-state index is 5.28. The molecule has 1 heteroatoms. The molecule has 1 heterocycles. The standard InChI is InChI=1S/C10H10O.C2H6/c1-7-5-8(2)9-3-4-11-10(9)6-7;1-2/h3-6H,1-2H3;1-2H3. The average Bonchev–Trinajstić information content (AvgIpc) is 2.55. The van der Waals surface area contributed by atoms with Gasteiger partial charge in [-0.3, -0.25) is 0 Å². The van der Waals surface area contributed by atoms with Crippen LogP contribution >= 0.6 is 0 Å². The van der Waals surface area contributed by atoms with Crippen LogP contribution in [0.4, 0.5) is 0 Å². The molecule has 0 aliphatic heterocycles. The smallest absolute Gasteiger partial charge is 0.134 e. The molecule has 0 radical (unpaired) electrons. The molecule has 0 aliphatic rings. The molecule has 1 aromatic carbocycles. The first-order chi connectivity index (χ1) is 6.27. The minimum Gasteiger partial charge on any atom is -0.464 e. The summed E-state index contributed by atoms with van der Waals surface area (Å²) in [5.74, 6) is 0. The second-order valence-corrected chi connectivity index (χ2v) is 2.91. The van der Waals surface area contributed by atoms with Gasteiger partial charge in [0.1, 0.15) is 5.58 Å². The molecule has 0 amide bonds. The van der Waals surface area contributed by atoms with E-state index in [0.717, 1.165) is 5.58 Å². The van der Waals surface area contributed by atoms with E-state index in [4.69, 9.17) is 4.42 Å². The molecule has 0 saturated heterocycles. The summed E-state index contributed by atoms with van der Waals surface area (Å²) in [6.07, 6.45) is 1.73. The second-order valence-electron chi connectivity index (χ2n) is 2.91. The van der Waals surface area contributed by atoms with Crippen LogP contribution in [0.25, 0.3) is 11.0 Å². The lowest BCUT2D eigenvalue weighted by atomic mass is 10.1. The van der Waals surface area contributed by atoms with Crippen LogP contribution < -0.4 is 0 Å². The number of aryl methyl sites for hydroxylation is 2. The summed E-state index contributed by atoms with van der Waals surface area (Å²) in [5, 5.41) is 1.22. The van der Waals surface area contributed by atoms with Crippen molar-refractivity contribution in [3.8, 4) is 0 Å². The Labute approximate surface area is 79.4 Å². The summed E-state index contributed by atoms with van der Waals surface area (Å²) in [4.78, 5) is 0. The van der Waals surface area contributed by atoms with Crippen LogP contribution in [0.3, 0.4) is 0 Å². The molecule has 0 unspecified atom stereocenters. The lowest BCUT2D eigenvalue weighted by Gasteiger charge is -1.96. The Bertz CT molecular complexity index is 385. The van der Waals surface area contributed by atoms with Crippen molar-refractivity contribution in [3.05, 3.63) is 35.6 Å². The molecular formula is C12H16O. The van der Waals surface area contributed by atoms with Crippen molar-refractivity contribution in [1.82, 2.24) is 0 Å². The normalized spacial score (nSPS) is 9.54. The number of hydrogen-bond donors (Lipinski definition) is 0. The molecular weight excluding hydrogens is 160 g/mol. The molecule has 2 rings (SSSR count). The van der Waals surface area contributed by atoms with E-state index in [1.165, 1.54) is 16.5 Å². The number of benzene rings is 1. The van der Waals surface area contributed by atoms with E-state index in [2.05, 4.69) is 26.0 Å². The first-order valence-electron chi connectivity index (χ1n) is 4.72. The lowest BCUT2D eigenvalue weighted by Crippen LogP contribution is -1.76. The molecule has 0 atom stereocenters. The van der Waals surface area contributed by atoms with Gasteiger partial charge in [0.05, 0.1) is 6.26 Å². The second kappa shape index (κ2) is 4.13. The van der Waals surface area contributed by atoms with E-state index in [1.807, 2.05) is 19.9 Å². The summed E-state index contributed by atoms with van der Waals surface area (Å²) in [7, 11) is 0. The quantitative estimate of drug-likeness (QED) is 0.589. The predicted molar refractivity (Wildman–Crippen MR) is 57.0 cm³/mol. The van der Waals surface area contributed by atoms with Gasteiger partial charge in [0, 0.05) is 5.39 Å². The summed E-state index contributed by atoms with van der Waals surface area (Å²) >= 11 is 0. The van der Waals surface area contributed by atoms with E-state index in [9.17, 15) is 0 Å². The minimum absolute atomic E-state index is 0.988. The van der Waals surface area contributed by atoms with Gasteiger partial charge in [0.25, 0.3) is 0 Å². The van der Waals surface area contributed by atoms with Crippen molar-refractivity contribution < 1.29 is 4.42 Å². The third kappa shape index (κ3) is 1.92. The molecule has 0 spiro atoms. The van der Waals surface area contributed by atoms with E-state index < -0.39 is 0 Å². The van der Waals surface area contributed by atoms with Crippen LogP contribution in [0.1, 0.15) is 25.0 Å². The van der Waals surface area contributed by atoms with Crippen LogP contribution in [-0.2, 0) is 0 Å². The summed E-state index contributed by atoms with van der Waals surface area (Å²) < 4.78 is 5.28. The Morgan fingerprint density at radius 1 is 1.08 bits per heavy atom. The van der Waals surface area contributed by atoms with Crippen LogP contribution in [0.15, 0.2) is 28.9 Å². The Hall–Kier alpha value is -1.24. The first-order valence-corrected chi connectivity index (χ1v) is 4.72. The largest absolute Gasteiger partial charge is 0.464 e. The van der Waals surface area contributed by atoms with E-state index in [1.54, 1.807) is 6.26 Å². The maximum atomic E-state index is 5.28. The van der Waals surface area contributed by atoms with Gasteiger partial charge >= 0.3 is 0 Å². The predicted octanol–water partition coefficient (Wildman–Crippen LogP) is 4.08. The zero-order chi connectivity index (χ0) is 9.84. The van der Waals surface area contributed by atoms with Gasteiger partial charge in [-0.2, -0.15) is 0 Å². The third-order valence-electron chi connectivity index (χ3n) is 1.92. The van der Waals surface area contributed by atoms with Gasteiger partial charge in [0.15, 0.2) is 0 Å². The Kier molecular flexibility index (Phi) is 3.13. The van der Waals surface area contributed by atoms with Crippen molar-refractivity contribution in [2.75, 3.05) is 0 Å². The summed E-state index contributed by atoms with van der Waals surface area (Å²) in [5.41, 5.74) is 3.53. The SMILES string of the molecule is CC.Cc1cc(C)c2ccoc2c1. The fraction of sp³-hybridized carbons (Fsp3) is 0.333. The number of fused-ring (bicyclic) bond motifs is 1. The monoisotopic (exact) mass is 176 g/mol. The number of rotatable bonds is 0. The molecule has 0 fully saturated rings. The molecule has 0 saturated carbocycles. The first kappa shape index (κ1) is 9.85. The zero-order valence-corrected chi connectivity index (χ0v) is 8.72. The molecule has 0 aliphatic carbocycles. The zero-order valence-electron chi connectivity index (χ0n) is 8.72. The van der Waals surface area contributed by atoms with Gasteiger partial charge in [-0.25, -0.2) is 0 Å². The fourth-order valence-electron chi connectivity index (χ4n) is 1.43. The Morgan fingerprint density at radius 2 is 1.77 bits per heavy atom. The summed E-state index contributed by atoms with van der Waals surface area (Å²) in [6.45, 7) is 8.18. The molecule has 1 aromatic heterocycles. The lowest BCUT2D eigenvalue weighted by molar-refractivity contribution is 0.615. The van der Waals surface area contributed by atoms with E-state index >= 15 is 0 Å². The van der Waals surface area contributed by atoms with Crippen LogP contribution in [0.2, 0.25) is 0 Å². The van der Waals surface area contributed by atoms with Crippen molar-refractivity contribution in [2.45, 2.75) is 27.7 Å². The van der Waals surface area contributed by atoms with Crippen molar-refractivity contribution in [1.29, 1.82) is 0 Å². The van der Waals surface area contributed by atoms with Crippen LogP contribution in [-0.4, -0.2) is 0 Å². The average molecular weight is 176 g/mol. The van der Waals surface area contributed by atoms with Crippen molar-refractivity contribution in [3.63, 3.8) is 0 Å². The molecule has 2 aromatic rings. The fourth-order valence-corrected chi connectivity index (χ4v) is 1.43. The third-order valence-corrected chi connectivity index (χ3v) is 1.92. The number of hydrogen-bond acceptors (Lipinski definition) is 1. The van der Waals surface area contributed by atoms with Crippen LogP contribution in [0, 0.1) is 13.8 Å². The van der Waals surface area contributed by atoms with Gasteiger partial charge in [-0.05, 0) is 37.1 Å². The van der Waals surface area contributed by atoms with Gasteiger partial charge in [-0.15, -0.1) is 0 Å². The molecule has 0 N–H and O–H groups in total. The van der Waals surface area contributed by atoms with E-state index in [-0.39, 0.29) is 0 Å². The van der Waals surface area contributed by atoms with Gasteiger partial charge in [0.2, 0.25) is 0 Å².